The number of nitrogens with one attached hydrogen (secondary N) is 2. The van der Waals surface area contributed by atoms with E-state index in [9.17, 15) is 9.59 Å². The van der Waals surface area contributed by atoms with Gasteiger partial charge in [0.2, 0.25) is 5.91 Å². The van der Waals surface area contributed by atoms with Gasteiger partial charge in [-0.15, -0.1) is 0 Å². The van der Waals surface area contributed by atoms with E-state index in [0.29, 0.717) is 31.5 Å². The van der Waals surface area contributed by atoms with E-state index in [1.54, 1.807) is 7.11 Å². The zero-order chi connectivity index (χ0) is 18.8. The van der Waals surface area contributed by atoms with E-state index >= 15 is 0 Å². The van der Waals surface area contributed by atoms with Gasteiger partial charge in [0, 0.05) is 31.2 Å². The molecular formula is C21H23N3O3. The first kappa shape index (κ1) is 17.4. The molecule has 0 aromatic heterocycles. The molecule has 0 bridgehead atoms. The van der Waals surface area contributed by atoms with Crippen LogP contribution in [0.25, 0.3) is 0 Å². The summed E-state index contributed by atoms with van der Waals surface area (Å²) >= 11 is 0. The van der Waals surface area contributed by atoms with Crippen molar-refractivity contribution in [2.45, 2.75) is 32.0 Å². The summed E-state index contributed by atoms with van der Waals surface area (Å²) in [5.74, 6) is 1.64. The first-order valence-corrected chi connectivity index (χ1v) is 9.18. The minimum absolute atomic E-state index is 0.255. The smallest absolute Gasteiger partial charge is 0.319 e. The van der Waals surface area contributed by atoms with E-state index in [0.717, 1.165) is 29.0 Å². The summed E-state index contributed by atoms with van der Waals surface area (Å²) in [6.45, 7) is 1.09. The van der Waals surface area contributed by atoms with Crippen LogP contribution in [0.3, 0.4) is 0 Å². The van der Waals surface area contributed by atoms with Crippen LogP contribution in [0.5, 0.6) is 5.75 Å². The molecule has 1 aliphatic carbocycles. The molecule has 3 amide bonds. The molecule has 2 fully saturated rings. The predicted octanol–water partition coefficient (Wildman–Crippen LogP) is 3.14. The normalized spacial score (nSPS) is 20.2. The zero-order valence-corrected chi connectivity index (χ0v) is 15.3. The first-order chi connectivity index (χ1) is 13.1. The number of hydrogen-bond acceptors (Lipinski definition) is 3. The highest BCUT2D eigenvalue weighted by Crippen LogP contribution is 2.45. The number of carbonyl (C=O) groups excluding carboxylic acids is 2. The van der Waals surface area contributed by atoms with Gasteiger partial charge in [0.15, 0.2) is 0 Å². The Morgan fingerprint density at radius 2 is 1.81 bits per heavy atom. The van der Waals surface area contributed by atoms with E-state index in [4.69, 9.17) is 4.74 Å². The van der Waals surface area contributed by atoms with Crippen molar-refractivity contribution in [3.05, 3.63) is 59.7 Å². The van der Waals surface area contributed by atoms with E-state index in [-0.39, 0.29) is 11.9 Å². The van der Waals surface area contributed by atoms with Crippen molar-refractivity contribution in [2.75, 3.05) is 12.4 Å². The van der Waals surface area contributed by atoms with Gasteiger partial charge >= 0.3 is 6.03 Å². The summed E-state index contributed by atoms with van der Waals surface area (Å²) in [7, 11) is 1.62. The highest BCUT2D eigenvalue weighted by atomic mass is 16.5. The number of amides is 3. The predicted molar refractivity (Wildman–Crippen MR) is 102 cm³/mol. The van der Waals surface area contributed by atoms with Crippen LogP contribution in [0.1, 0.15) is 24.0 Å². The molecule has 2 atom stereocenters. The van der Waals surface area contributed by atoms with Crippen molar-refractivity contribution in [3.8, 4) is 5.75 Å². The van der Waals surface area contributed by atoms with Crippen molar-refractivity contribution >= 4 is 17.6 Å². The van der Waals surface area contributed by atoms with Crippen molar-refractivity contribution in [1.29, 1.82) is 0 Å². The molecule has 1 saturated heterocycles. The number of methoxy groups -OCH3 is 1. The third-order valence-electron chi connectivity index (χ3n) is 5.22. The van der Waals surface area contributed by atoms with Gasteiger partial charge < -0.3 is 20.3 Å². The second-order valence-electron chi connectivity index (χ2n) is 7.14. The van der Waals surface area contributed by atoms with Crippen molar-refractivity contribution < 1.29 is 14.3 Å². The maximum absolute atomic E-state index is 12.1. The van der Waals surface area contributed by atoms with Gasteiger partial charge in [0.1, 0.15) is 5.75 Å². The maximum atomic E-state index is 12.1. The number of nitrogens with zero attached hydrogens (tertiary/aromatic N) is 1. The lowest BCUT2D eigenvalue weighted by atomic mass is 10.2. The molecule has 2 aromatic rings. The second-order valence-corrected chi connectivity index (χ2v) is 7.14. The van der Waals surface area contributed by atoms with Gasteiger partial charge in [0.25, 0.3) is 0 Å². The molecule has 6 heteroatoms. The van der Waals surface area contributed by atoms with Gasteiger partial charge in [-0.1, -0.05) is 24.3 Å². The van der Waals surface area contributed by atoms with Crippen LogP contribution < -0.4 is 15.4 Å². The van der Waals surface area contributed by atoms with E-state index in [1.807, 2.05) is 53.4 Å². The fourth-order valence-electron chi connectivity index (χ4n) is 3.56. The number of anilines is 1. The fraction of sp³-hybridized carbons (Fsp3) is 0.333. The quantitative estimate of drug-likeness (QED) is 0.826. The molecule has 4 rings (SSSR count). The monoisotopic (exact) mass is 365 g/mol. The molecule has 6 nitrogen and oxygen atoms in total. The molecule has 1 heterocycles. The Kier molecular flexibility index (Phi) is 4.71. The summed E-state index contributed by atoms with van der Waals surface area (Å²) in [5, 5.41) is 5.66. The molecule has 1 aliphatic heterocycles. The Morgan fingerprint density at radius 3 is 2.44 bits per heavy atom. The SMILES string of the molecule is COc1ccc(CNC(=O)Nc2ccc(CN3C(=O)CC4CC43)cc2)cc1. The van der Waals surface area contributed by atoms with Gasteiger partial charge in [-0.2, -0.15) is 0 Å². The van der Waals surface area contributed by atoms with E-state index in [1.165, 1.54) is 0 Å². The molecule has 1 saturated carbocycles. The summed E-state index contributed by atoms with van der Waals surface area (Å²) in [6.07, 6.45) is 1.86. The number of benzene rings is 2. The number of hydrogen-bond donors (Lipinski definition) is 2. The Labute approximate surface area is 158 Å². The number of piperidine rings is 1. The first-order valence-electron chi connectivity index (χ1n) is 9.18. The van der Waals surface area contributed by atoms with Crippen molar-refractivity contribution in [2.24, 2.45) is 5.92 Å². The lowest BCUT2D eigenvalue weighted by Crippen LogP contribution is -2.28. The topological polar surface area (TPSA) is 70.7 Å². The van der Waals surface area contributed by atoms with Crippen LogP contribution in [0.4, 0.5) is 10.5 Å². The molecule has 2 unspecified atom stereocenters. The number of likely N-dealkylation sites (tertiary alicyclic amines) is 1. The summed E-state index contributed by atoms with van der Waals surface area (Å²) < 4.78 is 5.12. The van der Waals surface area contributed by atoms with Gasteiger partial charge in [-0.05, 0) is 47.7 Å². The molecule has 0 radical (unpaired) electrons. The van der Waals surface area contributed by atoms with Crippen LogP contribution in [0, 0.1) is 5.92 Å². The summed E-state index contributed by atoms with van der Waals surface area (Å²) in [6, 6.07) is 15.4. The van der Waals surface area contributed by atoms with E-state index in [2.05, 4.69) is 10.6 Å². The fourth-order valence-corrected chi connectivity index (χ4v) is 3.56. The minimum Gasteiger partial charge on any atom is -0.497 e. The summed E-state index contributed by atoms with van der Waals surface area (Å²) in [4.78, 5) is 26.0. The molecule has 0 spiro atoms. The molecule has 2 aliphatic rings. The van der Waals surface area contributed by atoms with Gasteiger partial charge in [0.05, 0.1) is 7.11 Å². The third-order valence-corrected chi connectivity index (χ3v) is 5.22. The average molecular weight is 365 g/mol. The zero-order valence-electron chi connectivity index (χ0n) is 15.3. The largest absolute Gasteiger partial charge is 0.497 e. The van der Waals surface area contributed by atoms with Crippen LogP contribution in [0.15, 0.2) is 48.5 Å². The van der Waals surface area contributed by atoms with Gasteiger partial charge in [-0.3, -0.25) is 4.79 Å². The van der Waals surface area contributed by atoms with Crippen LogP contribution >= 0.6 is 0 Å². The van der Waals surface area contributed by atoms with Crippen LogP contribution in [0.2, 0.25) is 0 Å². The summed E-state index contributed by atoms with van der Waals surface area (Å²) in [5.41, 5.74) is 2.80. The minimum atomic E-state index is -0.255. The second kappa shape index (κ2) is 7.31. The number of rotatable bonds is 6. The van der Waals surface area contributed by atoms with E-state index < -0.39 is 0 Å². The average Bonchev–Trinajstić information content (AvgIpc) is 3.38. The molecule has 2 N–H and O–H groups in total. The van der Waals surface area contributed by atoms with Crippen LogP contribution in [-0.4, -0.2) is 30.0 Å². The standard InChI is InChI=1S/C21H23N3O3/c1-27-18-8-4-14(5-9-18)12-22-21(26)23-17-6-2-15(3-7-17)13-24-19-10-16(19)11-20(24)25/h2-9,16,19H,10-13H2,1H3,(H2,22,23,26). The maximum Gasteiger partial charge on any atom is 0.319 e. The Bertz CT molecular complexity index is 833. The number of fused-ring (bicyclic) bond motifs is 1. The Hall–Kier alpha value is -3.02. The van der Waals surface area contributed by atoms with Crippen molar-refractivity contribution in [3.63, 3.8) is 0 Å². The highest BCUT2D eigenvalue weighted by molar-refractivity contribution is 5.89. The van der Waals surface area contributed by atoms with Crippen molar-refractivity contribution in [1.82, 2.24) is 10.2 Å². The van der Waals surface area contributed by atoms with Crippen LogP contribution in [-0.2, 0) is 17.9 Å². The third kappa shape index (κ3) is 4.05. The lowest BCUT2D eigenvalue weighted by Gasteiger charge is -2.18. The molecule has 2 aromatic carbocycles. The highest BCUT2D eigenvalue weighted by Gasteiger charge is 2.51. The Balaban J connectivity index is 1.26. The number of carbonyl (C=O) groups is 2. The Morgan fingerprint density at radius 1 is 1.11 bits per heavy atom. The molecular weight excluding hydrogens is 342 g/mol. The number of ether oxygens (including phenoxy) is 1. The van der Waals surface area contributed by atoms with Gasteiger partial charge in [-0.25, -0.2) is 4.79 Å². The molecule has 140 valence electrons. The molecule has 27 heavy (non-hydrogen) atoms. The number of urea groups is 1. The lowest BCUT2D eigenvalue weighted by molar-refractivity contribution is -0.129.